The van der Waals surface area contributed by atoms with Gasteiger partial charge in [0.05, 0.1) is 11.6 Å². The van der Waals surface area contributed by atoms with Crippen molar-refractivity contribution in [2.24, 2.45) is 0 Å². The smallest absolute Gasteiger partial charge is 0.261 e. The summed E-state index contributed by atoms with van der Waals surface area (Å²) in [7, 11) is 0. The lowest BCUT2D eigenvalue weighted by Crippen LogP contribution is -2.28. The molecule has 0 aliphatic heterocycles. The molecule has 0 amide bonds. The molecule has 108 valence electrons. The van der Waals surface area contributed by atoms with Gasteiger partial charge in [0.1, 0.15) is 0 Å². The number of pyridine rings is 1. The molecule has 1 heterocycles. The van der Waals surface area contributed by atoms with Crippen LogP contribution in [0, 0.1) is 0 Å². The number of aldehydes is 1. The molecule has 3 nitrogen and oxygen atoms in total. The van der Waals surface area contributed by atoms with E-state index < -0.39 is 0 Å². The maximum absolute atomic E-state index is 12.5. The zero-order valence-electron chi connectivity index (χ0n) is 11.9. The molecular formula is C19H15NO2. The van der Waals surface area contributed by atoms with Gasteiger partial charge in [0.25, 0.3) is 5.56 Å². The van der Waals surface area contributed by atoms with Crippen LogP contribution in [0.1, 0.15) is 27.5 Å². The molecule has 0 radical (unpaired) electrons. The molecule has 3 aromatic rings. The third-order valence-corrected chi connectivity index (χ3v) is 3.64. The van der Waals surface area contributed by atoms with Crippen molar-refractivity contribution < 1.29 is 4.79 Å². The molecule has 0 N–H and O–H groups in total. The van der Waals surface area contributed by atoms with E-state index in [4.69, 9.17) is 0 Å². The first-order valence-corrected chi connectivity index (χ1v) is 7.07. The van der Waals surface area contributed by atoms with Crippen molar-refractivity contribution >= 4 is 6.29 Å². The Kier molecular flexibility index (Phi) is 3.97. The number of hydrogen-bond donors (Lipinski definition) is 0. The number of aromatic nitrogens is 1. The van der Waals surface area contributed by atoms with Gasteiger partial charge in [-0.3, -0.25) is 9.59 Å². The van der Waals surface area contributed by atoms with Gasteiger partial charge in [0.15, 0.2) is 6.29 Å². The molecule has 0 aliphatic carbocycles. The first kappa shape index (κ1) is 14.0. The van der Waals surface area contributed by atoms with Crippen molar-refractivity contribution in [2.45, 2.75) is 6.04 Å². The predicted molar refractivity (Wildman–Crippen MR) is 86.2 cm³/mol. The molecular weight excluding hydrogens is 274 g/mol. The third kappa shape index (κ3) is 2.61. The number of hydrogen-bond acceptors (Lipinski definition) is 2. The fourth-order valence-corrected chi connectivity index (χ4v) is 2.60. The Hall–Kier alpha value is -2.94. The molecule has 1 aromatic heterocycles. The van der Waals surface area contributed by atoms with E-state index in [9.17, 15) is 9.59 Å². The van der Waals surface area contributed by atoms with Crippen LogP contribution in [-0.4, -0.2) is 10.9 Å². The van der Waals surface area contributed by atoms with Gasteiger partial charge in [-0.2, -0.15) is 0 Å². The van der Waals surface area contributed by atoms with Crippen LogP contribution < -0.4 is 5.56 Å². The first-order valence-electron chi connectivity index (χ1n) is 7.07. The summed E-state index contributed by atoms with van der Waals surface area (Å²) in [6.07, 6.45) is 2.33. The summed E-state index contributed by atoms with van der Waals surface area (Å²) >= 11 is 0. The Balaban J connectivity index is 2.23. The van der Waals surface area contributed by atoms with E-state index in [1.54, 1.807) is 22.9 Å². The van der Waals surface area contributed by atoms with E-state index in [-0.39, 0.29) is 17.2 Å². The maximum atomic E-state index is 12.5. The maximum Gasteiger partial charge on any atom is 0.261 e. The molecule has 0 fully saturated rings. The third-order valence-electron chi connectivity index (χ3n) is 3.64. The highest BCUT2D eigenvalue weighted by Gasteiger charge is 2.17. The van der Waals surface area contributed by atoms with E-state index in [2.05, 4.69) is 0 Å². The Morgan fingerprint density at radius 1 is 0.773 bits per heavy atom. The summed E-state index contributed by atoms with van der Waals surface area (Å²) in [4.78, 5) is 23.6. The highest BCUT2D eigenvalue weighted by Crippen LogP contribution is 2.25. The minimum Gasteiger partial charge on any atom is -0.303 e. The van der Waals surface area contributed by atoms with Gasteiger partial charge in [-0.15, -0.1) is 0 Å². The van der Waals surface area contributed by atoms with Crippen LogP contribution in [0.4, 0.5) is 0 Å². The van der Waals surface area contributed by atoms with Gasteiger partial charge < -0.3 is 4.57 Å². The monoisotopic (exact) mass is 289 g/mol. The lowest BCUT2D eigenvalue weighted by molar-refractivity contribution is 0.112. The van der Waals surface area contributed by atoms with Gasteiger partial charge in [-0.25, -0.2) is 0 Å². The summed E-state index contributed by atoms with van der Waals surface area (Å²) < 4.78 is 1.61. The van der Waals surface area contributed by atoms with Crippen LogP contribution >= 0.6 is 0 Å². The van der Waals surface area contributed by atoms with E-state index in [0.29, 0.717) is 6.29 Å². The lowest BCUT2D eigenvalue weighted by atomic mass is 9.98. The zero-order chi connectivity index (χ0) is 15.4. The highest BCUT2D eigenvalue weighted by molar-refractivity contribution is 5.73. The van der Waals surface area contributed by atoms with Crippen LogP contribution in [0.25, 0.3) is 0 Å². The van der Waals surface area contributed by atoms with Crippen LogP contribution in [0.5, 0.6) is 0 Å². The second-order valence-corrected chi connectivity index (χ2v) is 5.02. The van der Waals surface area contributed by atoms with Gasteiger partial charge in [0, 0.05) is 6.20 Å². The summed E-state index contributed by atoms with van der Waals surface area (Å²) in [5.41, 5.74) is 1.88. The second-order valence-electron chi connectivity index (χ2n) is 5.02. The predicted octanol–water partition coefficient (Wildman–Crippen LogP) is 3.30. The molecule has 3 rings (SSSR count). The van der Waals surface area contributed by atoms with Crippen molar-refractivity contribution in [2.75, 3.05) is 0 Å². The van der Waals surface area contributed by atoms with E-state index >= 15 is 0 Å². The van der Waals surface area contributed by atoms with Crippen LogP contribution in [0.2, 0.25) is 0 Å². The van der Waals surface area contributed by atoms with Crippen molar-refractivity contribution in [1.29, 1.82) is 0 Å². The van der Waals surface area contributed by atoms with Gasteiger partial charge in [-0.05, 0) is 23.3 Å². The summed E-state index contributed by atoms with van der Waals surface area (Å²) in [6, 6.07) is 22.6. The van der Waals surface area contributed by atoms with Crippen LogP contribution in [0.15, 0.2) is 83.8 Å². The molecule has 0 aliphatic rings. The Morgan fingerprint density at radius 2 is 1.32 bits per heavy atom. The summed E-state index contributed by atoms with van der Waals surface area (Å²) in [5.74, 6) is 0. The normalized spacial score (nSPS) is 10.6. The van der Waals surface area contributed by atoms with Crippen LogP contribution in [-0.2, 0) is 0 Å². The molecule has 0 unspecified atom stereocenters. The minimum atomic E-state index is -0.282. The standard InChI is InChI=1S/C19H15NO2/c21-14-17-12-7-13-20(19(17)22)18(15-8-3-1-4-9-15)16-10-5-2-6-11-16/h1-14,18H. The molecule has 22 heavy (non-hydrogen) atoms. The average molecular weight is 289 g/mol. The molecule has 0 atom stereocenters. The van der Waals surface area contributed by atoms with Crippen molar-refractivity contribution in [3.05, 3.63) is 106 Å². The summed E-state index contributed by atoms with van der Waals surface area (Å²) in [6.45, 7) is 0. The minimum absolute atomic E-state index is 0.166. The number of benzene rings is 2. The lowest BCUT2D eigenvalue weighted by Gasteiger charge is -2.21. The Bertz CT molecular complexity index is 783. The SMILES string of the molecule is O=Cc1cccn(C(c2ccccc2)c2ccccc2)c1=O. The Labute approximate surface area is 128 Å². The van der Waals surface area contributed by atoms with Gasteiger partial charge in [0.2, 0.25) is 0 Å². The molecule has 2 aromatic carbocycles. The number of rotatable bonds is 4. The average Bonchev–Trinajstić information content (AvgIpc) is 2.59. The second kappa shape index (κ2) is 6.22. The zero-order valence-corrected chi connectivity index (χ0v) is 11.9. The highest BCUT2D eigenvalue weighted by atomic mass is 16.1. The molecule has 0 bridgehead atoms. The molecule has 0 saturated heterocycles. The molecule has 0 saturated carbocycles. The first-order chi connectivity index (χ1) is 10.8. The van der Waals surface area contributed by atoms with Crippen molar-refractivity contribution in [3.63, 3.8) is 0 Å². The van der Waals surface area contributed by atoms with E-state index in [1.165, 1.54) is 0 Å². The number of carbonyl (C=O) groups is 1. The number of carbonyl (C=O) groups excluding carboxylic acids is 1. The topological polar surface area (TPSA) is 39.1 Å². The van der Waals surface area contributed by atoms with Gasteiger partial charge in [-0.1, -0.05) is 60.7 Å². The largest absolute Gasteiger partial charge is 0.303 e. The van der Waals surface area contributed by atoms with Gasteiger partial charge >= 0.3 is 0 Å². The molecule has 3 heteroatoms. The summed E-state index contributed by atoms with van der Waals surface area (Å²) in [5, 5.41) is 0. The van der Waals surface area contributed by atoms with Crippen LogP contribution in [0.3, 0.4) is 0 Å². The Morgan fingerprint density at radius 3 is 1.82 bits per heavy atom. The van der Waals surface area contributed by atoms with Crippen molar-refractivity contribution in [3.8, 4) is 0 Å². The quantitative estimate of drug-likeness (QED) is 0.691. The fourth-order valence-electron chi connectivity index (χ4n) is 2.60. The van der Waals surface area contributed by atoms with Crippen molar-refractivity contribution in [1.82, 2.24) is 4.57 Å². The number of nitrogens with zero attached hydrogens (tertiary/aromatic N) is 1. The fraction of sp³-hybridized carbons (Fsp3) is 0.0526. The van der Waals surface area contributed by atoms with E-state index in [0.717, 1.165) is 11.1 Å². The molecule has 0 spiro atoms. The van der Waals surface area contributed by atoms with E-state index in [1.807, 2.05) is 60.7 Å².